The van der Waals surface area contributed by atoms with E-state index >= 15 is 0 Å². The van der Waals surface area contributed by atoms with E-state index in [0.29, 0.717) is 45.1 Å². The van der Waals surface area contributed by atoms with E-state index < -0.39 is 59.5 Å². The molecular weight excluding hydrogens is 616 g/mol. The Kier molecular flexibility index (Phi) is 18.3. The van der Waals surface area contributed by atoms with E-state index in [1.165, 1.54) is 0 Å². The highest BCUT2D eigenvalue weighted by Crippen LogP contribution is 2.29. The van der Waals surface area contributed by atoms with Gasteiger partial charge in [0.2, 0.25) is 29.5 Å². The van der Waals surface area contributed by atoms with E-state index in [0.717, 1.165) is 0 Å². The third-order valence-electron chi connectivity index (χ3n) is 7.82. The van der Waals surface area contributed by atoms with Gasteiger partial charge < -0.3 is 48.9 Å². The number of carbonyl (C=O) groups is 5. The zero-order valence-electron chi connectivity index (χ0n) is 27.8. The van der Waals surface area contributed by atoms with E-state index in [1.54, 1.807) is 0 Å². The lowest BCUT2D eigenvalue weighted by molar-refractivity contribution is -0.485. The third kappa shape index (κ3) is 16.4. The van der Waals surface area contributed by atoms with Gasteiger partial charge in [0.05, 0.1) is 6.61 Å². The summed E-state index contributed by atoms with van der Waals surface area (Å²) < 4.78 is 0. The number of nitro groups is 1. The number of nitrogens with two attached hydrogens (primary N) is 3. The number of primary amides is 1. The number of rotatable bonds is 20. The fourth-order valence-corrected chi connectivity index (χ4v) is 5.26. The molecule has 5 amide bonds. The molecule has 1 saturated carbocycles. The largest absolute Gasteiger partial charge is 0.394 e. The number of aliphatic hydroxyl groups excluding tert-OH is 1. The molecule has 1 rings (SSSR count). The molecule has 18 heteroatoms. The quantitative estimate of drug-likeness (QED) is 0.0227. The molecule has 268 valence electrons. The van der Waals surface area contributed by atoms with Crippen LogP contribution in [0.5, 0.6) is 0 Å². The Hall–Kier alpha value is -4.06. The standard InChI is InChI=1S/C29H54N10O8/c1-16(2)12-22(24(31)41)36-28(45)21(6-5-11-33-29(32)38-39(46)47)35-25(42)19-9-7-18(8-10-19)14-34-27(44)23(13-17(3)4)37-26(43)20(30)15-40/h16-23,40H,5-15,30H2,1-4H3,(H2,31,41)(H,34,44)(H,35,42)(H,36,45)(H,37,43)(H3,32,33,38)/t18?,19?,20-,21-,22-,23-/m0/s1. The minimum atomic E-state index is -1.13. The SMILES string of the molecule is CC(C)C[C@H](NC(=O)[C@H](CCCN/C(N)=N/[N+](=O)[O-])NC(=O)C1CCC(CNC(=O)[C@H](CC(C)C)NC(=O)[C@@H](N)CO)CC1)C(N)=O. The van der Waals surface area contributed by atoms with Crippen LogP contribution in [0, 0.1) is 33.8 Å². The van der Waals surface area contributed by atoms with Crippen LogP contribution in [-0.4, -0.2) is 89.5 Å². The van der Waals surface area contributed by atoms with Crippen molar-refractivity contribution in [3.05, 3.63) is 10.1 Å². The minimum Gasteiger partial charge on any atom is -0.394 e. The molecule has 0 aromatic rings. The molecule has 0 unspecified atom stereocenters. The Labute approximate surface area is 275 Å². The summed E-state index contributed by atoms with van der Waals surface area (Å²) in [5.41, 5.74) is 16.5. The van der Waals surface area contributed by atoms with Crippen LogP contribution in [0.25, 0.3) is 0 Å². The highest BCUT2D eigenvalue weighted by atomic mass is 16.7. The lowest BCUT2D eigenvalue weighted by Gasteiger charge is -2.30. The molecule has 12 N–H and O–H groups in total. The Morgan fingerprint density at radius 3 is 1.96 bits per heavy atom. The van der Waals surface area contributed by atoms with E-state index in [-0.39, 0.29) is 54.9 Å². The first-order valence-electron chi connectivity index (χ1n) is 16.1. The van der Waals surface area contributed by atoms with Gasteiger partial charge in [0, 0.05) is 19.0 Å². The Morgan fingerprint density at radius 1 is 0.851 bits per heavy atom. The van der Waals surface area contributed by atoms with Gasteiger partial charge in [-0.3, -0.25) is 24.0 Å². The second-order valence-corrected chi connectivity index (χ2v) is 12.9. The van der Waals surface area contributed by atoms with Crippen molar-refractivity contribution in [3.63, 3.8) is 0 Å². The number of amides is 5. The van der Waals surface area contributed by atoms with Gasteiger partial charge in [-0.1, -0.05) is 27.7 Å². The molecule has 1 fully saturated rings. The van der Waals surface area contributed by atoms with Gasteiger partial charge in [0.25, 0.3) is 5.96 Å². The number of guanidine groups is 1. The first-order valence-corrected chi connectivity index (χ1v) is 16.1. The maximum atomic E-state index is 13.3. The number of hydrogen-bond donors (Lipinski definition) is 9. The highest BCUT2D eigenvalue weighted by molar-refractivity contribution is 5.92. The molecule has 0 saturated heterocycles. The van der Waals surface area contributed by atoms with Crippen LogP contribution in [0.2, 0.25) is 0 Å². The number of hydrogen-bond acceptors (Lipinski definition) is 9. The van der Waals surface area contributed by atoms with Crippen LogP contribution >= 0.6 is 0 Å². The normalized spacial score (nSPS) is 19.2. The van der Waals surface area contributed by atoms with Crippen molar-refractivity contribution in [2.45, 2.75) is 103 Å². The molecule has 18 nitrogen and oxygen atoms in total. The topological polar surface area (TPSA) is 299 Å². The molecule has 4 atom stereocenters. The maximum Gasteiger partial charge on any atom is 0.266 e. The average Bonchev–Trinajstić information content (AvgIpc) is 2.99. The van der Waals surface area contributed by atoms with Gasteiger partial charge in [0.15, 0.2) is 5.03 Å². The summed E-state index contributed by atoms with van der Waals surface area (Å²) in [6, 6.07) is -3.85. The summed E-state index contributed by atoms with van der Waals surface area (Å²) >= 11 is 0. The van der Waals surface area contributed by atoms with Crippen LogP contribution in [-0.2, 0) is 24.0 Å². The number of aliphatic hydroxyl groups is 1. The van der Waals surface area contributed by atoms with Gasteiger partial charge in [-0.25, -0.2) is 10.1 Å². The molecule has 0 aromatic heterocycles. The van der Waals surface area contributed by atoms with Crippen molar-refractivity contribution in [2.24, 2.45) is 46.0 Å². The number of nitrogens with zero attached hydrogens (tertiary/aromatic N) is 2. The summed E-state index contributed by atoms with van der Waals surface area (Å²) in [6.07, 6.45) is 3.46. The van der Waals surface area contributed by atoms with Crippen molar-refractivity contribution in [2.75, 3.05) is 19.7 Å². The number of carbonyl (C=O) groups excluding carboxylic acids is 5. The second-order valence-electron chi connectivity index (χ2n) is 12.9. The Bertz CT molecular complexity index is 1090. The maximum absolute atomic E-state index is 13.3. The zero-order chi connectivity index (χ0) is 35.7. The predicted octanol–water partition coefficient (Wildman–Crippen LogP) is -1.86. The fourth-order valence-electron chi connectivity index (χ4n) is 5.26. The monoisotopic (exact) mass is 670 g/mol. The van der Waals surface area contributed by atoms with Crippen LogP contribution in [0.15, 0.2) is 5.10 Å². The molecule has 47 heavy (non-hydrogen) atoms. The fraction of sp³-hybridized carbons (Fsp3) is 0.793. The zero-order valence-corrected chi connectivity index (χ0v) is 27.8. The van der Waals surface area contributed by atoms with Gasteiger partial charge in [-0.2, -0.15) is 0 Å². The number of hydrazone groups is 1. The molecule has 0 aromatic carbocycles. The molecule has 0 radical (unpaired) electrons. The summed E-state index contributed by atoms with van der Waals surface area (Å²) in [6.45, 7) is 7.55. The average molecular weight is 671 g/mol. The van der Waals surface area contributed by atoms with Crippen LogP contribution in [0.4, 0.5) is 0 Å². The van der Waals surface area contributed by atoms with Crippen molar-refractivity contribution < 1.29 is 34.1 Å². The molecule has 0 bridgehead atoms. The first kappa shape index (κ1) is 41.0. The van der Waals surface area contributed by atoms with E-state index in [2.05, 4.69) is 31.7 Å². The molecule has 0 heterocycles. The Morgan fingerprint density at radius 2 is 1.43 bits per heavy atom. The minimum absolute atomic E-state index is 0.0678. The van der Waals surface area contributed by atoms with Crippen LogP contribution < -0.4 is 43.8 Å². The summed E-state index contributed by atoms with van der Waals surface area (Å²) in [4.78, 5) is 73.9. The first-order chi connectivity index (χ1) is 22.0. The summed E-state index contributed by atoms with van der Waals surface area (Å²) in [7, 11) is 0. The molecule has 0 spiro atoms. The van der Waals surface area contributed by atoms with Gasteiger partial charge in [-0.05, 0) is 69.1 Å². The van der Waals surface area contributed by atoms with Crippen molar-refractivity contribution in [1.82, 2.24) is 26.6 Å². The lowest BCUT2D eigenvalue weighted by atomic mass is 9.81. The van der Waals surface area contributed by atoms with Crippen molar-refractivity contribution in [1.29, 1.82) is 0 Å². The van der Waals surface area contributed by atoms with E-state index in [4.69, 9.17) is 22.3 Å². The van der Waals surface area contributed by atoms with E-state index in [1.807, 2.05) is 27.7 Å². The molecule has 0 aliphatic heterocycles. The van der Waals surface area contributed by atoms with Crippen LogP contribution in [0.3, 0.4) is 0 Å². The van der Waals surface area contributed by atoms with Crippen molar-refractivity contribution >= 4 is 35.5 Å². The molecular formula is C29H54N10O8. The summed E-state index contributed by atoms with van der Waals surface area (Å²) in [5.74, 6) is -3.05. The van der Waals surface area contributed by atoms with Crippen LogP contribution in [0.1, 0.15) is 79.1 Å². The third-order valence-corrected chi connectivity index (χ3v) is 7.82. The smallest absolute Gasteiger partial charge is 0.266 e. The van der Waals surface area contributed by atoms with Crippen molar-refractivity contribution in [3.8, 4) is 0 Å². The van der Waals surface area contributed by atoms with Gasteiger partial charge >= 0.3 is 0 Å². The van der Waals surface area contributed by atoms with Gasteiger partial charge in [-0.15, -0.1) is 0 Å². The van der Waals surface area contributed by atoms with E-state index in [9.17, 15) is 34.1 Å². The molecule has 1 aliphatic carbocycles. The predicted molar refractivity (Wildman–Crippen MR) is 173 cm³/mol. The lowest BCUT2D eigenvalue weighted by Crippen LogP contribution is -2.54. The summed E-state index contributed by atoms with van der Waals surface area (Å²) in [5, 5.41) is 35.1. The number of nitrogens with one attached hydrogen (secondary N) is 5. The Balaban J connectivity index is 2.79. The van der Waals surface area contributed by atoms with Gasteiger partial charge in [0.1, 0.15) is 29.3 Å². The second kappa shape index (κ2) is 20.9. The highest BCUT2D eigenvalue weighted by Gasteiger charge is 2.32. The molecule has 1 aliphatic rings.